The molecule has 6 heteroatoms. The van der Waals surface area contributed by atoms with E-state index >= 15 is 0 Å². The Labute approximate surface area is 147 Å². The maximum Gasteiger partial charge on any atom is 0.254 e. The summed E-state index contributed by atoms with van der Waals surface area (Å²) in [5, 5.41) is 15.7. The molecule has 1 amide bonds. The van der Waals surface area contributed by atoms with Crippen molar-refractivity contribution in [2.24, 2.45) is 0 Å². The fraction of sp³-hybridized carbons (Fsp3) is 0.333. The molecule has 0 spiro atoms. The van der Waals surface area contributed by atoms with Gasteiger partial charge in [-0.3, -0.25) is 10.1 Å². The molecule has 0 radical (unpaired) electrons. The van der Waals surface area contributed by atoms with Crippen LogP contribution in [0.4, 0.5) is 0 Å². The van der Waals surface area contributed by atoms with E-state index in [9.17, 15) is 9.90 Å². The lowest BCUT2D eigenvalue weighted by atomic mass is 10.1. The number of amides is 1. The number of benzene rings is 1. The van der Waals surface area contributed by atoms with Crippen LogP contribution in [0.2, 0.25) is 0 Å². The van der Waals surface area contributed by atoms with E-state index in [0.717, 1.165) is 22.4 Å². The normalized spacial score (nSPS) is 12.0. The highest BCUT2D eigenvalue weighted by Gasteiger charge is 2.13. The first-order valence-electron chi connectivity index (χ1n) is 7.83. The Morgan fingerprint density at radius 1 is 1.25 bits per heavy atom. The highest BCUT2D eigenvalue weighted by molar-refractivity contribution is 7.71. The van der Waals surface area contributed by atoms with E-state index in [0.29, 0.717) is 16.7 Å². The van der Waals surface area contributed by atoms with Gasteiger partial charge in [0.15, 0.2) is 0 Å². The van der Waals surface area contributed by atoms with E-state index in [1.165, 1.54) is 0 Å². The van der Waals surface area contributed by atoms with Crippen LogP contribution >= 0.6 is 12.2 Å². The molecular weight excluding hydrogens is 322 g/mol. The number of carbonyl (C=O) groups is 1. The largest absolute Gasteiger partial charge is 0.377 e. The van der Waals surface area contributed by atoms with Gasteiger partial charge in [0.25, 0.3) is 5.91 Å². The number of aryl methyl sites for hydroxylation is 3. The van der Waals surface area contributed by atoms with Crippen LogP contribution in [0.1, 0.15) is 32.7 Å². The van der Waals surface area contributed by atoms with Crippen molar-refractivity contribution in [3.05, 3.63) is 62.9 Å². The lowest BCUT2D eigenvalue weighted by Gasteiger charge is -2.15. The van der Waals surface area contributed by atoms with Gasteiger partial charge >= 0.3 is 0 Å². The van der Waals surface area contributed by atoms with Crippen molar-refractivity contribution in [2.45, 2.75) is 33.5 Å². The number of H-pyrrole nitrogens is 1. The summed E-state index contributed by atoms with van der Waals surface area (Å²) in [7, 11) is 0. The van der Waals surface area contributed by atoms with Gasteiger partial charge in [-0.1, -0.05) is 36.5 Å². The highest BCUT2D eigenvalue weighted by atomic mass is 32.1. The van der Waals surface area contributed by atoms with Gasteiger partial charge in [0, 0.05) is 12.2 Å². The summed E-state index contributed by atoms with van der Waals surface area (Å²) < 4.78 is 0.410. The molecule has 1 heterocycles. The van der Waals surface area contributed by atoms with Crippen molar-refractivity contribution >= 4 is 18.1 Å². The third-order valence-electron chi connectivity index (χ3n) is 3.84. The number of rotatable bonds is 6. The first kappa shape index (κ1) is 18.3. The number of aliphatic hydroxyl groups is 1. The van der Waals surface area contributed by atoms with Crippen molar-refractivity contribution in [2.75, 3.05) is 6.54 Å². The molecule has 128 valence electrons. The molecule has 1 atom stereocenters. The van der Waals surface area contributed by atoms with Crippen molar-refractivity contribution in [1.82, 2.24) is 15.6 Å². The molecule has 0 aliphatic heterocycles. The van der Waals surface area contributed by atoms with Gasteiger partial charge in [0.2, 0.25) is 0 Å². The Bertz CT molecular complexity index is 786. The second-order valence-electron chi connectivity index (χ2n) is 5.87. The maximum absolute atomic E-state index is 12.3. The van der Waals surface area contributed by atoms with Gasteiger partial charge in [-0.25, -0.2) is 0 Å². The van der Waals surface area contributed by atoms with Gasteiger partial charge in [0.1, 0.15) is 10.9 Å². The van der Waals surface area contributed by atoms with Crippen LogP contribution in [0.3, 0.4) is 0 Å². The SMILES string of the molecule is Cc1cc(C)c(C(=O)NCC(O)NCc2ccccc2C)c(=S)[nH]1. The average Bonchev–Trinajstić information content (AvgIpc) is 2.51. The molecule has 0 saturated heterocycles. The summed E-state index contributed by atoms with van der Waals surface area (Å²) in [5.74, 6) is -0.287. The zero-order valence-corrected chi connectivity index (χ0v) is 15.0. The van der Waals surface area contributed by atoms with Crippen LogP contribution in [0.25, 0.3) is 0 Å². The van der Waals surface area contributed by atoms with Crippen LogP contribution < -0.4 is 10.6 Å². The molecule has 24 heavy (non-hydrogen) atoms. The highest BCUT2D eigenvalue weighted by Crippen LogP contribution is 2.10. The van der Waals surface area contributed by atoms with Crippen molar-refractivity contribution in [3.8, 4) is 0 Å². The predicted octanol–water partition coefficient (Wildman–Crippen LogP) is 2.51. The van der Waals surface area contributed by atoms with E-state index in [4.69, 9.17) is 12.2 Å². The summed E-state index contributed by atoms with van der Waals surface area (Å²) in [5.41, 5.74) is 4.44. The summed E-state index contributed by atoms with van der Waals surface area (Å²) in [6, 6.07) is 9.83. The third-order valence-corrected chi connectivity index (χ3v) is 4.14. The summed E-state index contributed by atoms with van der Waals surface area (Å²) >= 11 is 5.22. The molecule has 1 unspecified atom stereocenters. The van der Waals surface area contributed by atoms with Crippen LogP contribution in [-0.4, -0.2) is 28.8 Å². The third kappa shape index (κ3) is 4.74. The van der Waals surface area contributed by atoms with Crippen molar-refractivity contribution < 1.29 is 9.90 Å². The molecule has 0 aliphatic rings. The minimum absolute atomic E-state index is 0.104. The fourth-order valence-corrected chi connectivity index (χ4v) is 2.94. The second-order valence-corrected chi connectivity index (χ2v) is 6.28. The minimum Gasteiger partial charge on any atom is -0.377 e. The number of hydrogen-bond acceptors (Lipinski definition) is 4. The first-order chi connectivity index (χ1) is 11.4. The molecule has 0 bridgehead atoms. The zero-order valence-electron chi connectivity index (χ0n) is 14.1. The van der Waals surface area contributed by atoms with Gasteiger partial charge in [-0.15, -0.1) is 0 Å². The second kappa shape index (κ2) is 8.19. The Hall–Kier alpha value is -2.02. The van der Waals surface area contributed by atoms with E-state index in [1.54, 1.807) is 0 Å². The standard InChI is InChI=1S/C18H23N3O2S/c1-11-6-4-5-7-14(11)9-19-15(22)10-20-17(23)16-12(2)8-13(3)21-18(16)24/h4-8,15,19,22H,9-10H2,1-3H3,(H,20,23)(H,21,24). The predicted molar refractivity (Wildman–Crippen MR) is 97.5 cm³/mol. The topological polar surface area (TPSA) is 77.2 Å². The summed E-state index contributed by atoms with van der Waals surface area (Å²) in [6.45, 7) is 6.40. The zero-order chi connectivity index (χ0) is 17.7. The number of nitrogens with one attached hydrogen (secondary N) is 3. The van der Waals surface area contributed by atoms with Crippen molar-refractivity contribution in [1.29, 1.82) is 0 Å². The monoisotopic (exact) mass is 345 g/mol. The summed E-state index contributed by atoms with van der Waals surface area (Å²) in [6.07, 6.45) is -0.836. The molecule has 0 aliphatic carbocycles. The molecule has 0 saturated carbocycles. The maximum atomic E-state index is 12.3. The molecule has 1 aromatic heterocycles. The van der Waals surface area contributed by atoms with E-state index in [1.807, 2.05) is 51.1 Å². The Kier molecular flexibility index (Phi) is 6.25. The first-order valence-corrected chi connectivity index (χ1v) is 8.24. The number of aliphatic hydroxyl groups excluding tert-OH is 1. The fourth-order valence-electron chi connectivity index (χ4n) is 2.52. The van der Waals surface area contributed by atoms with Gasteiger partial charge in [-0.05, 0) is 43.5 Å². The smallest absolute Gasteiger partial charge is 0.254 e. The van der Waals surface area contributed by atoms with Gasteiger partial charge in [-0.2, -0.15) is 0 Å². The minimum atomic E-state index is -0.836. The molecule has 2 aromatic rings. The molecule has 4 N–H and O–H groups in total. The average molecular weight is 345 g/mol. The van der Waals surface area contributed by atoms with Crippen LogP contribution in [0.15, 0.2) is 30.3 Å². The van der Waals surface area contributed by atoms with Crippen LogP contribution in [0.5, 0.6) is 0 Å². The van der Waals surface area contributed by atoms with E-state index < -0.39 is 6.23 Å². The number of hydrogen-bond donors (Lipinski definition) is 4. The van der Waals surface area contributed by atoms with Crippen LogP contribution in [-0.2, 0) is 6.54 Å². The van der Waals surface area contributed by atoms with E-state index in [2.05, 4.69) is 15.6 Å². The van der Waals surface area contributed by atoms with Crippen LogP contribution in [0, 0.1) is 25.4 Å². The molecular formula is C18H23N3O2S. The number of aromatic amines is 1. The number of pyridine rings is 1. The molecule has 0 fully saturated rings. The number of aromatic nitrogens is 1. The summed E-state index contributed by atoms with van der Waals surface area (Å²) in [4.78, 5) is 15.3. The Morgan fingerprint density at radius 3 is 2.62 bits per heavy atom. The Morgan fingerprint density at radius 2 is 1.96 bits per heavy atom. The Balaban J connectivity index is 1.90. The lowest BCUT2D eigenvalue weighted by Crippen LogP contribution is -2.40. The lowest BCUT2D eigenvalue weighted by molar-refractivity contribution is 0.0883. The number of carbonyl (C=O) groups excluding carboxylic acids is 1. The van der Waals surface area contributed by atoms with Crippen molar-refractivity contribution in [3.63, 3.8) is 0 Å². The van der Waals surface area contributed by atoms with E-state index in [-0.39, 0.29) is 12.5 Å². The molecule has 1 aromatic carbocycles. The molecule has 2 rings (SSSR count). The van der Waals surface area contributed by atoms with Gasteiger partial charge < -0.3 is 15.4 Å². The quantitative estimate of drug-likeness (QED) is 0.479. The van der Waals surface area contributed by atoms with Gasteiger partial charge in [0.05, 0.1) is 12.1 Å². The molecule has 5 nitrogen and oxygen atoms in total.